The lowest BCUT2D eigenvalue weighted by Gasteiger charge is -2.14. The molecule has 2 heterocycles. The highest BCUT2D eigenvalue weighted by Crippen LogP contribution is 2.33. The summed E-state index contributed by atoms with van der Waals surface area (Å²) >= 11 is 0. The monoisotopic (exact) mass is 325 g/mol. The van der Waals surface area contributed by atoms with E-state index < -0.39 is 0 Å². The lowest BCUT2D eigenvalue weighted by molar-refractivity contribution is 0.240. The van der Waals surface area contributed by atoms with E-state index in [0.29, 0.717) is 18.6 Å². The highest BCUT2D eigenvalue weighted by Gasteiger charge is 2.24. The normalized spacial score (nSPS) is 17.8. The molecule has 2 aliphatic carbocycles. The van der Waals surface area contributed by atoms with E-state index in [1.165, 1.54) is 25.7 Å². The Bertz CT molecular complexity index is 701. The van der Waals surface area contributed by atoms with Gasteiger partial charge in [-0.25, -0.2) is 4.79 Å². The minimum absolute atomic E-state index is 0.0987. The molecule has 4 rings (SSSR count). The Hall–Kier alpha value is -2.37. The molecule has 0 spiro atoms. The minimum Gasteiger partial charge on any atom is -0.335 e. The van der Waals surface area contributed by atoms with Gasteiger partial charge in [-0.15, -0.1) is 0 Å². The fourth-order valence-electron chi connectivity index (χ4n) is 3.33. The van der Waals surface area contributed by atoms with Crippen LogP contribution in [0, 0.1) is 0 Å². The number of carbonyl (C=O) groups excluding carboxylic acids is 1. The molecule has 0 radical (unpaired) electrons. The standard InChI is InChI=1S/C18H23N5O/c24-18(21-14-5-6-14)20-12-15-11-17(13-7-9-19-10-8-13)23(22-15)16-3-1-2-4-16/h7-11,14,16H,1-6,12H2,(H2,20,21,24). The van der Waals surface area contributed by atoms with E-state index in [9.17, 15) is 4.79 Å². The Kier molecular flexibility index (Phi) is 4.19. The summed E-state index contributed by atoms with van der Waals surface area (Å²) in [6, 6.07) is 6.85. The Balaban J connectivity index is 1.52. The van der Waals surface area contributed by atoms with Crippen LogP contribution in [-0.4, -0.2) is 26.8 Å². The molecular weight excluding hydrogens is 302 g/mol. The first-order valence-corrected chi connectivity index (χ1v) is 8.83. The van der Waals surface area contributed by atoms with Crippen molar-refractivity contribution in [1.29, 1.82) is 0 Å². The van der Waals surface area contributed by atoms with Gasteiger partial charge in [0.2, 0.25) is 0 Å². The number of urea groups is 1. The smallest absolute Gasteiger partial charge is 0.315 e. The van der Waals surface area contributed by atoms with Gasteiger partial charge in [-0.1, -0.05) is 12.8 Å². The molecular formula is C18H23N5O. The number of pyridine rings is 1. The quantitative estimate of drug-likeness (QED) is 0.887. The average Bonchev–Trinajstić information content (AvgIpc) is 3.11. The van der Waals surface area contributed by atoms with Crippen LogP contribution in [0.25, 0.3) is 11.3 Å². The molecule has 2 saturated carbocycles. The zero-order chi connectivity index (χ0) is 16.4. The third-order valence-corrected chi connectivity index (χ3v) is 4.78. The summed E-state index contributed by atoms with van der Waals surface area (Å²) in [5, 5.41) is 10.6. The second-order valence-electron chi connectivity index (χ2n) is 6.74. The highest BCUT2D eigenvalue weighted by atomic mass is 16.2. The van der Waals surface area contributed by atoms with Crippen molar-refractivity contribution in [2.24, 2.45) is 0 Å². The highest BCUT2D eigenvalue weighted by molar-refractivity contribution is 5.74. The van der Waals surface area contributed by atoms with Crippen LogP contribution in [0.2, 0.25) is 0 Å². The molecule has 2 N–H and O–H groups in total. The fraction of sp³-hybridized carbons (Fsp3) is 0.500. The molecule has 126 valence electrons. The first-order valence-electron chi connectivity index (χ1n) is 8.83. The topological polar surface area (TPSA) is 71.8 Å². The zero-order valence-corrected chi connectivity index (χ0v) is 13.7. The number of rotatable bonds is 5. The summed E-state index contributed by atoms with van der Waals surface area (Å²) < 4.78 is 2.15. The van der Waals surface area contributed by atoms with E-state index in [1.54, 1.807) is 0 Å². The second-order valence-corrected chi connectivity index (χ2v) is 6.74. The van der Waals surface area contributed by atoms with E-state index in [1.807, 2.05) is 24.5 Å². The lowest BCUT2D eigenvalue weighted by Crippen LogP contribution is -2.36. The zero-order valence-electron chi connectivity index (χ0n) is 13.7. The summed E-state index contributed by atoms with van der Waals surface area (Å²) in [6.45, 7) is 0.455. The molecule has 6 nitrogen and oxygen atoms in total. The number of nitrogens with one attached hydrogen (secondary N) is 2. The fourth-order valence-corrected chi connectivity index (χ4v) is 3.33. The van der Waals surface area contributed by atoms with Crippen LogP contribution in [0.1, 0.15) is 50.3 Å². The van der Waals surface area contributed by atoms with Gasteiger partial charge in [0.15, 0.2) is 0 Å². The molecule has 0 unspecified atom stereocenters. The van der Waals surface area contributed by atoms with Crippen LogP contribution in [0.15, 0.2) is 30.6 Å². The van der Waals surface area contributed by atoms with Crippen molar-refractivity contribution >= 4 is 6.03 Å². The van der Waals surface area contributed by atoms with Crippen molar-refractivity contribution in [3.8, 4) is 11.3 Å². The maximum Gasteiger partial charge on any atom is 0.315 e. The van der Waals surface area contributed by atoms with Crippen molar-refractivity contribution in [3.63, 3.8) is 0 Å². The number of nitrogens with zero attached hydrogens (tertiary/aromatic N) is 3. The summed E-state index contributed by atoms with van der Waals surface area (Å²) in [4.78, 5) is 15.9. The van der Waals surface area contributed by atoms with Crippen molar-refractivity contribution in [2.45, 2.75) is 57.2 Å². The van der Waals surface area contributed by atoms with E-state index in [-0.39, 0.29) is 6.03 Å². The van der Waals surface area contributed by atoms with Gasteiger partial charge in [0.05, 0.1) is 24.0 Å². The van der Waals surface area contributed by atoms with Gasteiger partial charge < -0.3 is 10.6 Å². The molecule has 0 saturated heterocycles. The summed E-state index contributed by atoms with van der Waals surface area (Å²) in [5.74, 6) is 0. The van der Waals surface area contributed by atoms with Crippen LogP contribution in [0.5, 0.6) is 0 Å². The second kappa shape index (κ2) is 6.63. The van der Waals surface area contributed by atoms with Crippen molar-refractivity contribution in [1.82, 2.24) is 25.4 Å². The van der Waals surface area contributed by atoms with Crippen LogP contribution < -0.4 is 10.6 Å². The average molecular weight is 325 g/mol. The molecule has 2 amide bonds. The van der Waals surface area contributed by atoms with Gasteiger partial charge in [-0.05, 0) is 43.9 Å². The third-order valence-electron chi connectivity index (χ3n) is 4.78. The minimum atomic E-state index is -0.0987. The van der Waals surface area contributed by atoms with E-state index in [2.05, 4.69) is 26.4 Å². The van der Waals surface area contributed by atoms with E-state index in [4.69, 9.17) is 5.10 Å². The van der Waals surface area contributed by atoms with Crippen molar-refractivity contribution in [3.05, 3.63) is 36.3 Å². The number of hydrogen-bond donors (Lipinski definition) is 2. The first-order chi connectivity index (χ1) is 11.8. The van der Waals surface area contributed by atoms with E-state index >= 15 is 0 Å². The van der Waals surface area contributed by atoms with Gasteiger partial charge in [0.1, 0.15) is 0 Å². The summed E-state index contributed by atoms with van der Waals surface area (Å²) in [7, 11) is 0. The molecule has 0 bridgehead atoms. The first kappa shape index (κ1) is 15.2. The molecule has 0 aromatic carbocycles. The Labute approximate surface area is 141 Å². The molecule has 2 fully saturated rings. The van der Waals surface area contributed by atoms with Gasteiger partial charge in [-0.2, -0.15) is 5.10 Å². The molecule has 24 heavy (non-hydrogen) atoms. The molecule has 2 aromatic rings. The largest absolute Gasteiger partial charge is 0.335 e. The lowest BCUT2D eigenvalue weighted by atomic mass is 10.1. The summed E-state index contributed by atoms with van der Waals surface area (Å²) in [6.07, 6.45) is 10.7. The SMILES string of the molecule is O=C(NCc1cc(-c2ccncc2)n(C2CCCC2)n1)NC1CC1. The Morgan fingerprint density at radius 2 is 1.92 bits per heavy atom. The van der Waals surface area contributed by atoms with Crippen molar-refractivity contribution < 1.29 is 4.79 Å². The number of aromatic nitrogens is 3. The third kappa shape index (κ3) is 3.42. The molecule has 0 aliphatic heterocycles. The maximum atomic E-state index is 11.8. The predicted molar refractivity (Wildman–Crippen MR) is 91.4 cm³/mol. The molecule has 2 aromatic heterocycles. The van der Waals surface area contributed by atoms with Gasteiger partial charge >= 0.3 is 6.03 Å². The Morgan fingerprint density at radius 3 is 2.62 bits per heavy atom. The van der Waals surface area contributed by atoms with Crippen LogP contribution in [0.3, 0.4) is 0 Å². The van der Waals surface area contributed by atoms with Gasteiger partial charge in [0, 0.05) is 24.0 Å². The predicted octanol–water partition coefficient (Wildman–Crippen LogP) is 3.02. The van der Waals surface area contributed by atoms with Crippen LogP contribution in [0.4, 0.5) is 4.79 Å². The van der Waals surface area contributed by atoms with Gasteiger partial charge in [-0.3, -0.25) is 9.67 Å². The Morgan fingerprint density at radius 1 is 1.17 bits per heavy atom. The molecule has 0 atom stereocenters. The van der Waals surface area contributed by atoms with Crippen LogP contribution in [-0.2, 0) is 6.54 Å². The molecule has 2 aliphatic rings. The van der Waals surface area contributed by atoms with E-state index in [0.717, 1.165) is 29.8 Å². The van der Waals surface area contributed by atoms with Crippen molar-refractivity contribution in [2.75, 3.05) is 0 Å². The van der Waals surface area contributed by atoms with Crippen LogP contribution >= 0.6 is 0 Å². The number of carbonyl (C=O) groups is 1. The van der Waals surface area contributed by atoms with Gasteiger partial charge in [0.25, 0.3) is 0 Å². The molecule has 6 heteroatoms. The number of amides is 2. The summed E-state index contributed by atoms with van der Waals surface area (Å²) in [5.41, 5.74) is 3.14. The number of hydrogen-bond acceptors (Lipinski definition) is 3. The maximum absolute atomic E-state index is 11.8.